The molecule has 1 aromatic heterocycles. The van der Waals surface area contributed by atoms with Crippen LogP contribution in [0.2, 0.25) is 0 Å². The highest BCUT2D eigenvalue weighted by Crippen LogP contribution is 2.21. The van der Waals surface area contributed by atoms with E-state index in [1.165, 1.54) is 6.33 Å². The summed E-state index contributed by atoms with van der Waals surface area (Å²) in [6, 6.07) is 7.03. The highest BCUT2D eigenvalue weighted by molar-refractivity contribution is 5.97. The van der Waals surface area contributed by atoms with Gasteiger partial charge >= 0.3 is 0 Å². The Morgan fingerprint density at radius 1 is 1.28 bits per heavy atom. The van der Waals surface area contributed by atoms with Gasteiger partial charge in [-0.15, -0.1) is 0 Å². The number of rotatable bonds is 5. The first kappa shape index (κ1) is 17.1. The number of carbonyl (C=O) groups is 2. The molecule has 0 aliphatic carbocycles. The van der Waals surface area contributed by atoms with E-state index in [-0.39, 0.29) is 17.9 Å². The van der Waals surface area contributed by atoms with Gasteiger partial charge in [-0.05, 0) is 49.9 Å². The van der Waals surface area contributed by atoms with E-state index in [0.29, 0.717) is 24.5 Å². The van der Waals surface area contributed by atoms with Gasteiger partial charge in [0.25, 0.3) is 0 Å². The summed E-state index contributed by atoms with van der Waals surface area (Å²) in [6.45, 7) is 2.65. The van der Waals surface area contributed by atoms with E-state index in [4.69, 9.17) is 0 Å². The van der Waals surface area contributed by atoms with Crippen molar-refractivity contribution in [3.8, 4) is 11.4 Å². The van der Waals surface area contributed by atoms with Gasteiger partial charge in [0.1, 0.15) is 12.4 Å². The molecule has 7 nitrogen and oxygen atoms in total. The molecule has 1 aliphatic heterocycles. The van der Waals surface area contributed by atoms with Gasteiger partial charge < -0.3 is 10.2 Å². The van der Waals surface area contributed by atoms with Crippen LogP contribution in [0.25, 0.3) is 11.4 Å². The Kier molecular flexibility index (Phi) is 5.42. The van der Waals surface area contributed by atoms with Crippen molar-refractivity contribution in [3.05, 3.63) is 30.6 Å². The van der Waals surface area contributed by atoms with Gasteiger partial charge in [-0.1, -0.05) is 6.92 Å². The normalized spacial score (nSPS) is 17.3. The Morgan fingerprint density at radius 2 is 2.08 bits per heavy atom. The number of amides is 2. The fourth-order valence-corrected chi connectivity index (χ4v) is 3.14. The van der Waals surface area contributed by atoms with Crippen molar-refractivity contribution in [1.82, 2.24) is 20.1 Å². The lowest BCUT2D eigenvalue weighted by atomic mass is 10.0. The molecule has 1 aliphatic rings. The molecule has 1 fully saturated rings. The molecule has 3 rings (SSSR count). The number of hydrogen-bond donors (Lipinski definition) is 2. The maximum atomic E-state index is 12.7. The second kappa shape index (κ2) is 7.92. The lowest BCUT2D eigenvalue weighted by Gasteiger charge is -2.34. The fraction of sp³-hybridized carbons (Fsp3) is 0.444. The molecule has 0 radical (unpaired) electrons. The quantitative estimate of drug-likeness (QED) is 0.874. The summed E-state index contributed by atoms with van der Waals surface area (Å²) in [7, 11) is 0. The van der Waals surface area contributed by atoms with Crippen LogP contribution in [0.1, 0.15) is 39.0 Å². The Balaban J connectivity index is 1.67. The van der Waals surface area contributed by atoms with E-state index >= 15 is 0 Å². The molecule has 1 atom stereocenters. The average Bonchev–Trinajstić information content (AvgIpc) is 3.17. The van der Waals surface area contributed by atoms with Crippen molar-refractivity contribution in [2.24, 2.45) is 0 Å². The minimum atomic E-state index is -0.373. The fourth-order valence-electron chi connectivity index (χ4n) is 3.14. The van der Waals surface area contributed by atoms with Crippen molar-refractivity contribution in [2.45, 2.75) is 45.1 Å². The third-order valence-corrected chi connectivity index (χ3v) is 4.43. The number of H-pyrrole nitrogens is 1. The van der Waals surface area contributed by atoms with Crippen LogP contribution in [0.15, 0.2) is 30.6 Å². The maximum absolute atomic E-state index is 12.7. The summed E-state index contributed by atoms with van der Waals surface area (Å²) in [5, 5.41) is 9.56. The number of nitrogens with zero attached hydrogens (tertiary/aromatic N) is 3. The number of aromatic amines is 1. The topological polar surface area (TPSA) is 91.0 Å². The molecular weight excluding hydrogens is 318 g/mol. The van der Waals surface area contributed by atoms with Crippen LogP contribution in [-0.4, -0.2) is 44.5 Å². The van der Waals surface area contributed by atoms with Crippen molar-refractivity contribution in [3.63, 3.8) is 0 Å². The standard InChI is InChI=1S/C18H23N5O2/c1-2-5-16(24)23-11-4-3-6-15(23)18(25)21-14-9-7-13(8-10-14)17-19-12-20-22-17/h7-10,12,15H,2-6,11H2,1H3,(H,21,25)(H,19,20,22)/t15-/m0/s1. The van der Waals surface area contributed by atoms with Crippen LogP contribution < -0.4 is 5.32 Å². The second-order valence-electron chi connectivity index (χ2n) is 6.25. The second-order valence-corrected chi connectivity index (χ2v) is 6.25. The largest absolute Gasteiger partial charge is 0.331 e. The van der Waals surface area contributed by atoms with Crippen LogP contribution in [0, 0.1) is 0 Å². The van der Waals surface area contributed by atoms with Gasteiger partial charge in [0.05, 0.1) is 0 Å². The molecule has 0 unspecified atom stereocenters. The minimum Gasteiger partial charge on any atom is -0.331 e. The molecule has 0 saturated carbocycles. The SMILES string of the molecule is CCCC(=O)N1CCCC[C@H]1C(=O)Nc1ccc(-c2ncn[nH]2)cc1. The predicted molar refractivity (Wildman–Crippen MR) is 94.7 cm³/mol. The smallest absolute Gasteiger partial charge is 0.247 e. The zero-order valence-electron chi connectivity index (χ0n) is 14.4. The van der Waals surface area contributed by atoms with Crippen LogP contribution in [0.5, 0.6) is 0 Å². The van der Waals surface area contributed by atoms with Gasteiger partial charge in [-0.25, -0.2) is 4.98 Å². The van der Waals surface area contributed by atoms with Gasteiger partial charge in [-0.3, -0.25) is 14.7 Å². The highest BCUT2D eigenvalue weighted by Gasteiger charge is 2.31. The zero-order valence-corrected chi connectivity index (χ0v) is 14.4. The van der Waals surface area contributed by atoms with Crippen LogP contribution >= 0.6 is 0 Å². The van der Waals surface area contributed by atoms with Gasteiger partial charge in [0.2, 0.25) is 11.8 Å². The number of piperidine rings is 1. The van der Waals surface area contributed by atoms with E-state index in [1.807, 2.05) is 31.2 Å². The minimum absolute atomic E-state index is 0.0722. The van der Waals surface area contributed by atoms with Gasteiger partial charge in [0.15, 0.2) is 5.82 Å². The summed E-state index contributed by atoms with van der Waals surface area (Å²) in [5.74, 6) is 0.640. The lowest BCUT2D eigenvalue weighted by molar-refractivity contribution is -0.140. The molecule has 7 heteroatoms. The van der Waals surface area contributed by atoms with E-state index < -0.39 is 0 Å². The van der Waals surface area contributed by atoms with Gasteiger partial charge in [-0.2, -0.15) is 5.10 Å². The third kappa shape index (κ3) is 4.04. The van der Waals surface area contributed by atoms with Crippen molar-refractivity contribution in [1.29, 1.82) is 0 Å². The molecule has 2 aromatic rings. The number of carbonyl (C=O) groups excluding carboxylic acids is 2. The molecule has 2 amide bonds. The number of hydrogen-bond acceptors (Lipinski definition) is 4. The summed E-state index contributed by atoms with van der Waals surface area (Å²) in [6.07, 6.45) is 5.40. The first-order valence-corrected chi connectivity index (χ1v) is 8.75. The third-order valence-electron chi connectivity index (χ3n) is 4.43. The number of nitrogens with one attached hydrogen (secondary N) is 2. The van der Waals surface area contributed by atoms with Crippen LogP contribution in [-0.2, 0) is 9.59 Å². The molecular formula is C18H23N5O2. The van der Waals surface area contributed by atoms with E-state index in [2.05, 4.69) is 20.5 Å². The Hall–Kier alpha value is -2.70. The van der Waals surface area contributed by atoms with Crippen molar-refractivity contribution < 1.29 is 9.59 Å². The number of aromatic nitrogens is 3. The molecule has 25 heavy (non-hydrogen) atoms. The highest BCUT2D eigenvalue weighted by atomic mass is 16.2. The number of likely N-dealkylation sites (tertiary alicyclic amines) is 1. The van der Waals surface area contributed by atoms with E-state index in [1.54, 1.807) is 4.90 Å². The van der Waals surface area contributed by atoms with Crippen molar-refractivity contribution >= 4 is 17.5 Å². The summed E-state index contributed by atoms with van der Waals surface area (Å²) in [5.41, 5.74) is 1.61. The van der Waals surface area contributed by atoms with E-state index in [0.717, 1.165) is 31.2 Å². The Labute approximate surface area is 146 Å². The Bertz CT molecular complexity index is 712. The summed E-state index contributed by atoms with van der Waals surface area (Å²) >= 11 is 0. The molecule has 2 N–H and O–H groups in total. The first-order chi connectivity index (χ1) is 12.2. The molecule has 1 aromatic carbocycles. The molecule has 0 bridgehead atoms. The average molecular weight is 341 g/mol. The summed E-state index contributed by atoms with van der Waals surface area (Å²) in [4.78, 5) is 30.8. The monoisotopic (exact) mass is 341 g/mol. The lowest BCUT2D eigenvalue weighted by Crippen LogP contribution is -2.49. The van der Waals surface area contributed by atoms with E-state index in [9.17, 15) is 9.59 Å². The predicted octanol–water partition coefficient (Wildman–Crippen LogP) is 2.59. The Morgan fingerprint density at radius 3 is 2.76 bits per heavy atom. The first-order valence-electron chi connectivity index (χ1n) is 8.75. The zero-order chi connectivity index (χ0) is 17.6. The molecule has 2 heterocycles. The molecule has 132 valence electrons. The summed E-state index contributed by atoms with van der Waals surface area (Å²) < 4.78 is 0. The van der Waals surface area contributed by atoms with Crippen LogP contribution in [0.3, 0.4) is 0 Å². The molecule has 0 spiro atoms. The van der Waals surface area contributed by atoms with Crippen LogP contribution in [0.4, 0.5) is 5.69 Å². The number of benzene rings is 1. The maximum Gasteiger partial charge on any atom is 0.247 e. The van der Waals surface area contributed by atoms with Gasteiger partial charge in [0, 0.05) is 24.2 Å². The molecule has 1 saturated heterocycles. The number of anilines is 1. The van der Waals surface area contributed by atoms with Crippen molar-refractivity contribution in [2.75, 3.05) is 11.9 Å².